The van der Waals surface area contributed by atoms with Crippen molar-refractivity contribution in [3.8, 4) is 0 Å². The van der Waals surface area contributed by atoms with Crippen LogP contribution in [0.1, 0.15) is 41.8 Å². The van der Waals surface area contributed by atoms with Crippen LogP contribution >= 0.6 is 22.9 Å². The summed E-state index contributed by atoms with van der Waals surface area (Å²) in [5.41, 5.74) is 0.848. The van der Waals surface area contributed by atoms with Crippen LogP contribution in [0, 0.1) is 0 Å². The Morgan fingerprint density at radius 2 is 2.12 bits per heavy atom. The Hall–Kier alpha value is -1.41. The normalized spacial score (nSPS) is 28.3. The highest BCUT2D eigenvalue weighted by Crippen LogP contribution is 2.49. The largest absolute Gasteiger partial charge is 0.369 e. The molecule has 0 aliphatic carbocycles. The second kappa shape index (κ2) is 6.34. The lowest BCUT2D eigenvalue weighted by Crippen LogP contribution is -2.51. The predicted molar refractivity (Wildman–Crippen MR) is 102 cm³/mol. The molecule has 0 radical (unpaired) electrons. The number of halogens is 1. The molecule has 2 aliphatic rings. The number of hydrogen-bond acceptors (Lipinski definition) is 5. The number of nitrogens with zero attached hydrogens (tertiary/aromatic N) is 2. The number of thiophene rings is 1. The molecule has 1 fully saturated rings. The summed E-state index contributed by atoms with van der Waals surface area (Å²) >= 11 is 7.87. The smallest absolute Gasteiger partial charge is 0.330 e. The lowest BCUT2D eigenvalue weighted by molar-refractivity contribution is -0.0956. The summed E-state index contributed by atoms with van der Waals surface area (Å²) in [5, 5.41) is 3.52. The third-order valence-corrected chi connectivity index (χ3v) is 6.94. The number of hydrogen-bond donors (Lipinski definition) is 1. The van der Waals surface area contributed by atoms with Gasteiger partial charge in [0.1, 0.15) is 5.60 Å². The van der Waals surface area contributed by atoms with Gasteiger partial charge in [-0.3, -0.25) is 9.36 Å². The Balaban J connectivity index is 1.80. The quantitative estimate of drug-likeness (QED) is 0.802. The van der Waals surface area contributed by atoms with Crippen molar-refractivity contribution in [1.82, 2.24) is 14.5 Å². The molecule has 4 heterocycles. The van der Waals surface area contributed by atoms with Gasteiger partial charge in [-0.25, -0.2) is 4.79 Å². The van der Waals surface area contributed by atoms with Gasteiger partial charge in [0.25, 0.3) is 5.56 Å². The first-order chi connectivity index (χ1) is 12.3. The molecule has 0 bridgehead atoms. The van der Waals surface area contributed by atoms with E-state index >= 15 is 0 Å². The Morgan fingerprint density at radius 3 is 2.88 bits per heavy atom. The predicted octanol–water partition coefficient (Wildman–Crippen LogP) is 2.08. The van der Waals surface area contributed by atoms with Crippen molar-refractivity contribution in [3.05, 3.63) is 53.4 Å². The zero-order valence-corrected chi connectivity index (χ0v) is 16.6. The number of aromatic nitrogens is 2. The molecule has 1 spiro atoms. The number of fused-ring (bicyclic) bond motifs is 2. The van der Waals surface area contributed by atoms with Crippen molar-refractivity contribution in [2.75, 3.05) is 6.61 Å². The van der Waals surface area contributed by atoms with Gasteiger partial charge >= 0.3 is 5.69 Å². The summed E-state index contributed by atoms with van der Waals surface area (Å²) in [6.07, 6.45) is 4.00. The SMILES string of the molecule is C[C@H]1C[C@@]2(C[C@@H](c3cn(C)c(=O)n(C)c3=O)N1)OCCc1cc(Cl)sc12. The molecule has 2 aromatic rings. The molecule has 0 aromatic carbocycles. The Bertz CT molecular complexity index is 979. The first-order valence-electron chi connectivity index (χ1n) is 8.76. The molecule has 0 amide bonds. The molecule has 1 saturated heterocycles. The average Bonchev–Trinajstić information content (AvgIpc) is 2.98. The first-order valence-corrected chi connectivity index (χ1v) is 9.95. The van der Waals surface area contributed by atoms with Gasteiger partial charge in [-0.15, -0.1) is 11.3 Å². The van der Waals surface area contributed by atoms with E-state index in [9.17, 15) is 9.59 Å². The zero-order chi connectivity index (χ0) is 18.6. The maximum atomic E-state index is 12.7. The van der Waals surface area contributed by atoms with E-state index in [-0.39, 0.29) is 23.3 Å². The number of aryl methyl sites for hydroxylation is 1. The van der Waals surface area contributed by atoms with Gasteiger partial charge in [0.2, 0.25) is 0 Å². The van der Waals surface area contributed by atoms with Crippen LogP contribution in [0.4, 0.5) is 0 Å². The fourth-order valence-electron chi connectivity index (χ4n) is 4.34. The van der Waals surface area contributed by atoms with Crippen molar-refractivity contribution < 1.29 is 4.74 Å². The molecule has 140 valence electrons. The van der Waals surface area contributed by atoms with E-state index in [1.165, 1.54) is 22.1 Å². The van der Waals surface area contributed by atoms with Crippen LogP contribution < -0.4 is 16.6 Å². The highest BCUT2D eigenvalue weighted by molar-refractivity contribution is 7.16. The standard InChI is InChI=1S/C18H22ClN3O3S/c1-10-7-18(15-11(4-5-25-18)6-14(19)26-15)8-13(20-10)12-9-21(2)17(24)22(3)16(12)23/h6,9-10,13,20H,4-5,7-8H2,1-3H3/t10-,13-,18-/m0/s1. The van der Waals surface area contributed by atoms with Gasteiger partial charge < -0.3 is 14.6 Å². The third-order valence-electron chi connectivity index (χ3n) is 5.45. The van der Waals surface area contributed by atoms with E-state index in [0.29, 0.717) is 18.6 Å². The lowest BCUT2D eigenvalue weighted by Gasteiger charge is -2.46. The zero-order valence-electron chi connectivity index (χ0n) is 15.0. The van der Waals surface area contributed by atoms with Crippen molar-refractivity contribution >= 4 is 22.9 Å². The highest BCUT2D eigenvalue weighted by atomic mass is 35.5. The van der Waals surface area contributed by atoms with Gasteiger partial charge in [-0.2, -0.15) is 0 Å². The van der Waals surface area contributed by atoms with Gasteiger partial charge in [-0.1, -0.05) is 11.6 Å². The second-order valence-corrected chi connectivity index (χ2v) is 9.05. The molecule has 3 atom stereocenters. The summed E-state index contributed by atoms with van der Waals surface area (Å²) in [6, 6.07) is 2.03. The number of ether oxygens (including phenoxy) is 1. The van der Waals surface area contributed by atoms with Crippen molar-refractivity contribution in [2.24, 2.45) is 14.1 Å². The van der Waals surface area contributed by atoms with Crippen molar-refractivity contribution in [1.29, 1.82) is 0 Å². The molecule has 2 aromatic heterocycles. The van der Waals surface area contributed by atoms with E-state index in [1.54, 1.807) is 24.6 Å². The summed E-state index contributed by atoms with van der Waals surface area (Å²) in [7, 11) is 3.19. The van der Waals surface area contributed by atoms with E-state index in [1.807, 2.05) is 6.07 Å². The molecule has 26 heavy (non-hydrogen) atoms. The number of piperidine rings is 1. The molecule has 4 rings (SSSR count). The summed E-state index contributed by atoms with van der Waals surface area (Å²) < 4.78 is 9.73. The number of nitrogens with one attached hydrogen (secondary N) is 1. The maximum absolute atomic E-state index is 12.7. The van der Waals surface area contributed by atoms with Crippen LogP contribution in [0.2, 0.25) is 4.34 Å². The maximum Gasteiger partial charge on any atom is 0.330 e. The molecule has 2 aliphatic heterocycles. The summed E-state index contributed by atoms with van der Waals surface area (Å²) in [4.78, 5) is 25.9. The van der Waals surface area contributed by atoms with Crippen LogP contribution in [0.15, 0.2) is 21.9 Å². The van der Waals surface area contributed by atoms with Crippen LogP contribution in [0.5, 0.6) is 0 Å². The Labute approximate surface area is 160 Å². The van der Waals surface area contributed by atoms with Crippen LogP contribution in [-0.4, -0.2) is 21.8 Å². The van der Waals surface area contributed by atoms with Crippen LogP contribution in [0.3, 0.4) is 0 Å². The first kappa shape index (κ1) is 18.0. The molecule has 8 heteroatoms. The number of rotatable bonds is 1. The van der Waals surface area contributed by atoms with Gasteiger partial charge in [0, 0.05) is 43.7 Å². The minimum Gasteiger partial charge on any atom is -0.369 e. The Morgan fingerprint density at radius 1 is 1.35 bits per heavy atom. The fraction of sp³-hybridized carbons (Fsp3) is 0.556. The van der Waals surface area contributed by atoms with Crippen LogP contribution in [-0.2, 0) is 30.9 Å². The molecule has 0 unspecified atom stereocenters. The second-order valence-electron chi connectivity index (χ2n) is 7.37. The van der Waals surface area contributed by atoms with Gasteiger partial charge in [0.05, 0.1) is 16.5 Å². The minimum atomic E-state index is -0.430. The third kappa shape index (κ3) is 2.78. The topological polar surface area (TPSA) is 65.3 Å². The molecular weight excluding hydrogens is 374 g/mol. The van der Waals surface area contributed by atoms with Crippen LogP contribution in [0.25, 0.3) is 0 Å². The fourth-order valence-corrected chi connectivity index (χ4v) is 5.80. The molecule has 1 N–H and O–H groups in total. The summed E-state index contributed by atoms with van der Waals surface area (Å²) in [6.45, 7) is 2.76. The monoisotopic (exact) mass is 395 g/mol. The molecule has 0 saturated carbocycles. The molecular formula is C18H22ClN3O3S. The highest BCUT2D eigenvalue weighted by Gasteiger charge is 2.46. The van der Waals surface area contributed by atoms with Crippen molar-refractivity contribution in [3.63, 3.8) is 0 Å². The Kier molecular flexibility index (Phi) is 4.38. The van der Waals surface area contributed by atoms with Gasteiger partial charge in [-0.05, 0) is 31.4 Å². The van der Waals surface area contributed by atoms with E-state index in [2.05, 4.69) is 12.2 Å². The summed E-state index contributed by atoms with van der Waals surface area (Å²) in [5.74, 6) is 0. The lowest BCUT2D eigenvalue weighted by atomic mass is 9.78. The van der Waals surface area contributed by atoms with E-state index < -0.39 is 5.60 Å². The van der Waals surface area contributed by atoms with E-state index in [4.69, 9.17) is 16.3 Å². The van der Waals surface area contributed by atoms with E-state index in [0.717, 1.165) is 21.7 Å². The molecule has 6 nitrogen and oxygen atoms in total. The minimum absolute atomic E-state index is 0.169. The van der Waals surface area contributed by atoms with Gasteiger partial charge in [0.15, 0.2) is 0 Å². The van der Waals surface area contributed by atoms with Crippen molar-refractivity contribution in [2.45, 2.75) is 43.9 Å². The average molecular weight is 396 g/mol.